The van der Waals surface area contributed by atoms with Gasteiger partial charge in [0, 0.05) is 31.0 Å². The molecule has 1 unspecified atom stereocenters. The van der Waals surface area contributed by atoms with Gasteiger partial charge in [-0.15, -0.1) is 24.0 Å². The number of aliphatic imine (C=N–C) groups is 1. The van der Waals surface area contributed by atoms with Gasteiger partial charge in [-0.25, -0.2) is 4.99 Å². The topological polar surface area (TPSA) is 63.5 Å². The van der Waals surface area contributed by atoms with Gasteiger partial charge in [0.1, 0.15) is 0 Å². The molecule has 0 radical (unpaired) electrons. The van der Waals surface area contributed by atoms with Crippen LogP contribution in [0.2, 0.25) is 0 Å². The zero-order valence-electron chi connectivity index (χ0n) is 18.3. The molecule has 1 heterocycles. The summed E-state index contributed by atoms with van der Waals surface area (Å²) in [7, 11) is 1.72. The van der Waals surface area contributed by atoms with Crippen LogP contribution in [-0.4, -0.2) is 42.0 Å². The molecular weight excluding hydrogens is 453 g/mol. The number of rotatable bonds is 11. The second-order valence-electron chi connectivity index (χ2n) is 7.43. The van der Waals surface area contributed by atoms with Crippen molar-refractivity contribution < 1.29 is 4.74 Å². The first-order valence-electron chi connectivity index (χ1n) is 9.95. The van der Waals surface area contributed by atoms with Crippen LogP contribution >= 0.6 is 24.0 Å². The summed E-state index contributed by atoms with van der Waals surface area (Å²) in [5.41, 5.74) is 3.41. The van der Waals surface area contributed by atoms with Crippen molar-refractivity contribution in [3.05, 3.63) is 17.0 Å². The lowest BCUT2D eigenvalue weighted by molar-refractivity contribution is 0.182. The first-order valence-corrected chi connectivity index (χ1v) is 9.95. The maximum atomic E-state index is 5.16. The number of nitrogens with one attached hydrogen (secondary N) is 2. The maximum Gasteiger partial charge on any atom is 0.191 e. The number of guanidine groups is 1. The molecule has 0 aliphatic heterocycles. The van der Waals surface area contributed by atoms with Gasteiger partial charge in [-0.1, -0.05) is 26.7 Å². The normalized spacial score (nSPS) is 12.8. The summed E-state index contributed by atoms with van der Waals surface area (Å²) < 4.78 is 7.17. The molecule has 2 N–H and O–H groups in total. The molecule has 158 valence electrons. The van der Waals surface area contributed by atoms with Crippen LogP contribution in [-0.2, 0) is 17.8 Å². The Morgan fingerprint density at radius 2 is 1.93 bits per heavy atom. The van der Waals surface area contributed by atoms with Crippen molar-refractivity contribution in [1.82, 2.24) is 20.4 Å². The number of halogens is 1. The minimum Gasteiger partial charge on any atom is -0.383 e. The predicted octanol–water partition coefficient (Wildman–Crippen LogP) is 4.03. The number of methoxy groups -OCH3 is 1. The molecule has 0 saturated heterocycles. The van der Waals surface area contributed by atoms with Crippen LogP contribution < -0.4 is 10.6 Å². The van der Waals surface area contributed by atoms with E-state index >= 15 is 0 Å². The summed E-state index contributed by atoms with van der Waals surface area (Å²) >= 11 is 0. The van der Waals surface area contributed by atoms with Gasteiger partial charge in [-0.2, -0.15) is 5.10 Å². The molecule has 1 aromatic heterocycles. The van der Waals surface area contributed by atoms with Crippen LogP contribution in [0.1, 0.15) is 63.9 Å². The standard InChI is InChI=1S/C20H39N5O.HI/c1-8-21-20(23-16(4)11-9-10-15(2)3)22-14-19-17(5)24-25(18(19)6)12-13-26-7;/h15-16H,8-14H2,1-7H3,(H2,21,22,23);1H. The highest BCUT2D eigenvalue weighted by Gasteiger charge is 2.12. The van der Waals surface area contributed by atoms with Gasteiger partial charge in [-0.3, -0.25) is 4.68 Å². The summed E-state index contributed by atoms with van der Waals surface area (Å²) in [6.45, 7) is 16.0. The van der Waals surface area contributed by atoms with Gasteiger partial charge in [0.15, 0.2) is 5.96 Å². The monoisotopic (exact) mass is 493 g/mol. The zero-order chi connectivity index (χ0) is 19.5. The third kappa shape index (κ3) is 9.78. The van der Waals surface area contributed by atoms with E-state index in [1.165, 1.54) is 24.1 Å². The fraction of sp³-hybridized carbons (Fsp3) is 0.800. The third-order valence-corrected chi connectivity index (χ3v) is 4.58. The lowest BCUT2D eigenvalue weighted by Crippen LogP contribution is -2.42. The van der Waals surface area contributed by atoms with E-state index in [-0.39, 0.29) is 24.0 Å². The zero-order valence-corrected chi connectivity index (χ0v) is 20.6. The molecule has 0 aliphatic carbocycles. The molecule has 6 nitrogen and oxygen atoms in total. The number of aryl methyl sites for hydroxylation is 1. The summed E-state index contributed by atoms with van der Waals surface area (Å²) in [5, 5.41) is 11.5. The van der Waals surface area contributed by atoms with E-state index in [0.29, 0.717) is 19.2 Å². The number of aromatic nitrogens is 2. The van der Waals surface area contributed by atoms with Crippen LogP contribution in [0.5, 0.6) is 0 Å². The number of ether oxygens (including phenoxy) is 1. The molecule has 0 aromatic carbocycles. The Morgan fingerprint density at radius 3 is 2.52 bits per heavy atom. The van der Waals surface area contributed by atoms with Crippen molar-refractivity contribution in [2.75, 3.05) is 20.3 Å². The Kier molecular flexibility index (Phi) is 13.8. The van der Waals surface area contributed by atoms with E-state index in [0.717, 1.165) is 37.1 Å². The molecule has 1 aromatic rings. The molecule has 7 heteroatoms. The van der Waals surface area contributed by atoms with E-state index in [1.807, 2.05) is 4.68 Å². The molecule has 0 amide bonds. The Bertz CT molecular complexity index is 557. The van der Waals surface area contributed by atoms with E-state index in [2.05, 4.69) is 57.3 Å². The Morgan fingerprint density at radius 1 is 1.22 bits per heavy atom. The summed E-state index contributed by atoms with van der Waals surface area (Å²) in [6, 6.07) is 0.415. The van der Waals surface area contributed by atoms with Gasteiger partial charge in [0.2, 0.25) is 0 Å². The highest BCUT2D eigenvalue weighted by atomic mass is 127. The van der Waals surface area contributed by atoms with Gasteiger partial charge >= 0.3 is 0 Å². The molecule has 27 heavy (non-hydrogen) atoms. The molecular formula is C20H40IN5O. The van der Waals surface area contributed by atoms with Gasteiger partial charge < -0.3 is 15.4 Å². The third-order valence-electron chi connectivity index (χ3n) is 4.58. The first-order chi connectivity index (χ1) is 12.4. The summed E-state index contributed by atoms with van der Waals surface area (Å²) in [5.74, 6) is 1.65. The number of hydrogen-bond acceptors (Lipinski definition) is 3. The Labute approximate surface area is 182 Å². The lowest BCUT2D eigenvalue weighted by atomic mass is 10.0. The van der Waals surface area contributed by atoms with Crippen LogP contribution in [0.25, 0.3) is 0 Å². The van der Waals surface area contributed by atoms with E-state index in [4.69, 9.17) is 9.73 Å². The second-order valence-corrected chi connectivity index (χ2v) is 7.43. The first kappa shape index (κ1) is 26.2. The van der Waals surface area contributed by atoms with Crippen LogP contribution in [0, 0.1) is 19.8 Å². The Balaban J connectivity index is 0.00000676. The molecule has 0 spiro atoms. The minimum absolute atomic E-state index is 0. The smallest absolute Gasteiger partial charge is 0.191 e. The quantitative estimate of drug-likeness (QED) is 0.278. The number of hydrogen-bond donors (Lipinski definition) is 2. The SMILES string of the molecule is CCNC(=NCc1c(C)nn(CCOC)c1C)NC(C)CCCC(C)C.I. The van der Waals surface area contributed by atoms with Crippen molar-refractivity contribution in [2.24, 2.45) is 10.9 Å². The molecule has 0 bridgehead atoms. The fourth-order valence-electron chi connectivity index (χ4n) is 2.97. The predicted molar refractivity (Wildman–Crippen MR) is 125 cm³/mol. The van der Waals surface area contributed by atoms with Gasteiger partial charge in [0.05, 0.1) is 25.4 Å². The molecule has 0 fully saturated rings. The molecule has 0 saturated carbocycles. The van der Waals surface area contributed by atoms with Crippen molar-refractivity contribution >= 4 is 29.9 Å². The average Bonchev–Trinajstić information content (AvgIpc) is 2.84. The minimum atomic E-state index is 0. The second kappa shape index (κ2) is 14.2. The highest BCUT2D eigenvalue weighted by molar-refractivity contribution is 14.0. The Hall–Kier alpha value is -0.830. The van der Waals surface area contributed by atoms with E-state index in [9.17, 15) is 0 Å². The van der Waals surface area contributed by atoms with E-state index < -0.39 is 0 Å². The summed E-state index contributed by atoms with van der Waals surface area (Å²) in [6.07, 6.45) is 3.68. The van der Waals surface area contributed by atoms with Crippen molar-refractivity contribution in [1.29, 1.82) is 0 Å². The van der Waals surface area contributed by atoms with Crippen LogP contribution in [0.15, 0.2) is 4.99 Å². The maximum absolute atomic E-state index is 5.16. The van der Waals surface area contributed by atoms with Crippen molar-refractivity contribution in [2.45, 2.75) is 79.9 Å². The van der Waals surface area contributed by atoms with Gasteiger partial charge in [-0.05, 0) is 40.0 Å². The fourth-order valence-corrected chi connectivity index (χ4v) is 2.97. The summed E-state index contributed by atoms with van der Waals surface area (Å²) in [4.78, 5) is 4.79. The molecule has 1 rings (SSSR count). The number of nitrogens with zero attached hydrogens (tertiary/aromatic N) is 3. The van der Waals surface area contributed by atoms with E-state index in [1.54, 1.807) is 7.11 Å². The van der Waals surface area contributed by atoms with Crippen LogP contribution in [0.3, 0.4) is 0 Å². The molecule has 0 aliphatic rings. The van der Waals surface area contributed by atoms with Crippen molar-refractivity contribution in [3.63, 3.8) is 0 Å². The van der Waals surface area contributed by atoms with Crippen molar-refractivity contribution in [3.8, 4) is 0 Å². The highest BCUT2D eigenvalue weighted by Crippen LogP contribution is 2.14. The van der Waals surface area contributed by atoms with Crippen LogP contribution in [0.4, 0.5) is 0 Å². The average molecular weight is 493 g/mol. The lowest BCUT2D eigenvalue weighted by Gasteiger charge is -2.18. The largest absolute Gasteiger partial charge is 0.383 e. The van der Waals surface area contributed by atoms with Gasteiger partial charge in [0.25, 0.3) is 0 Å². The molecule has 1 atom stereocenters.